The highest BCUT2D eigenvalue weighted by atomic mass is 35.5. The summed E-state index contributed by atoms with van der Waals surface area (Å²) in [6, 6.07) is 12.9. The van der Waals surface area contributed by atoms with Crippen LogP contribution in [0, 0.1) is 0 Å². The molecule has 1 aliphatic heterocycles. The van der Waals surface area contributed by atoms with Gasteiger partial charge in [-0.15, -0.1) is 0 Å². The average molecular weight is 497 g/mol. The molecule has 4 aromatic rings. The van der Waals surface area contributed by atoms with E-state index in [0.29, 0.717) is 33.5 Å². The molecule has 0 radical (unpaired) electrons. The summed E-state index contributed by atoms with van der Waals surface area (Å²) >= 11 is 12.9. The first kappa shape index (κ1) is 22.5. The van der Waals surface area contributed by atoms with Crippen molar-refractivity contribution in [1.29, 1.82) is 0 Å². The van der Waals surface area contributed by atoms with Crippen molar-refractivity contribution in [3.8, 4) is 11.4 Å². The first-order valence-corrected chi connectivity index (χ1v) is 11.7. The number of fused-ring (bicyclic) bond motifs is 1. The molecule has 9 heteroatoms. The van der Waals surface area contributed by atoms with Crippen LogP contribution in [0.2, 0.25) is 10.0 Å². The van der Waals surface area contributed by atoms with Gasteiger partial charge in [0.1, 0.15) is 18.2 Å². The highest BCUT2D eigenvalue weighted by Gasteiger charge is 2.28. The number of anilines is 1. The lowest BCUT2D eigenvalue weighted by molar-refractivity contribution is 0.0600. The smallest absolute Gasteiger partial charge is 0.337 e. The molecule has 1 unspecified atom stereocenters. The van der Waals surface area contributed by atoms with E-state index in [4.69, 9.17) is 37.7 Å². The molecule has 1 fully saturated rings. The number of methoxy groups -OCH3 is 1. The molecule has 2 aromatic carbocycles. The lowest BCUT2D eigenvalue weighted by Gasteiger charge is -2.27. The Morgan fingerprint density at radius 2 is 2.09 bits per heavy atom. The zero-order chi connectivity index (χ0) is 23.7. The maximum Gasteiger partial charge on any atom is 0.337 e. The van der Waals surface area contributed by atoms with Crippen molar-refractivity contribution < 1.29 is 14.3 Å². The zero-order valence-corrected chi connectivity index (χ0v) is 20.0. The molecule has 0 N–H and O–H groups in total. The maximum atomic E-state index is 11.8. The SMILES string of the molecule is COC(=O)c1cccc(OCC2CCCN2c2cc(-n3ccnc3)c3ccc(Cl)c(Cl)c3n2)c1. The number of hydrogen-bond donors (Lipinski definition) is 0. The summed E-state index contributed by atoms with van der Waals surface area (Å²) in [5.74, 6) is 1.03. The Morgan fingerprint density at radius 3 is 2.88 bits per heavy atom. The first-order valence-electron chi connectivity index (χ1n) is 10.9. The molecule has 0 spiro atoms. The standard InChI is InChI=1S/C25H22Cl2N4O3/c1-33-25(32)16-4-2-6-18(12-16)34-14-17-5-3-10-31(17)22-13-21(30-11-9-28-15-30)19-7-8-20(26)23(27)24(19)29-22/h2,4,6-9,11-13,15,17H,3,5,10,14H2,1H3. The van der Waals surface area contributed by atoms with Crippen LogP contribution in [0.4, 0.5) is 5.82 Å². The quantitative estimate of drug-likeness (QED) is 0.325. The van der Waals surface area contributed by atoms with Crippen LogP contribution < -0.4 is 9.64 Å². The predicted molar refractivity (Wildman–Crippen MR) is 133 cm³/mol. The molecule has 174 valence electrons. The van der Waals surface area contributed by atoms with E-state index in [1.54, 1.807) is 36.8 Å². The number of pyridine rings is 1. The summed E-state index contributed by atoms with van der Waals surface area (Å²) in [4.78, 5) is 23.2. The van der Waals surface area contributed by atoms with Crippen LogP contribution >= 0.6 is 23.2 Å². The number of halogens is 2. The van der Waals surface area contributed by atoms with Crippen molar-refractivity contribution >= 4 is 45.9 Å². The van der Waals surface area contributed by atoms with E-state index in [1.807, 2.05) is 29.0 Å². The normalized spacial score (nSPS) is 15.6. The van der Waals surface area contributed by atoms with Crippen molar-refractivity contribution in [3.63, 3.8) is 0 Å². The van der Waals surface area contributed by atoms with Gasteiger partial charge in [-0.1, -0.05) is 29.3 Å². The Labute approximate surface area is 206 Å². The average Bonchev–Trinajstić information content (AvgIpc) is 3.57. The summed E-state index contributed by atoms with van der Waals surface area (Å²) in [5.41, 5.74) is 2.03. The number of esters is 1. The molecule has 1 saturated heterocycles. The van der Waals surface area contributed by atoms with Crippen LogP contribution in [0.15, 0.2) is 61.2 Å². The number of ether oxygens (including phenoxy) is 2. The van der Waals surface area contributed by atoms with E-state index >= 15 is 0 Å². The minimum atomic E-state index is -0.393. The Balaban J connectivity index is 1.46. The van der Waals surface area contributed by atoms with Gasteiger partial charge in [0.15, 0.2) is 0 Å². The first-order chi connectivity index (χ1) is 16.5. The largest absolute Gasteiger partial charge is 0.491 e. The van der Waals surface area contributed by atoms with Crippen molar-refractivity contribution in [3.05, 3.63) is 76.8 Å². The molecule has 0 amide bonds. The zero-order valence-electron chi connectivity index (χ0n) is 18.4. The molecule has 5 rings (SSSR count). The summed E-state index contributed by atoms with van der Waals surface area (Å²) in [7, 11) is 1.36. The van der Waals surface area contributed by atoms with Crippen molar-refractivity contribution in [1.82, 2.24) is 14.5 Å². The van der Waals surface area contributed by atoms with Gasteiger partial charge in [0.05, 0.1) is 46.3 Å². The van der Waals surface area contributed by atoms with E-state index in [0.717, 1.165) is 36.3 Å². The lowest BCUT2D eigenvalue weighted by Crippen LogP contribution is -2.35. The minimum absolute atomic E-state index is 0.111. The monoisotopic (exact) mass is 496 g/mol. The summed E-state index contributed by atoms with van der Waals surface area (Å²) in [6.45, 7) is 1.30. The molecule has 1 atom stereocenters. The summed E-state index contributed by atoms with van der Waals surface area (Å²) in [5, 5.41) is 1.78. The van der Waals surface area contributed by atoms with Gasteiger partial charge < -0.3 is 18.9 Å². The van der Waals surface area contributed by atoms with Gasteiger partial charge in [0.2, 0.25) is 0 Å². The lowest BCUT2D eigenvalue weighted by atomic mass is 10.1. The molecule has 34 heavy (non-hydrogen) atoms. The molecule has 0 saturated carbocycles. The Hall–Kier alpha value is -3.29. The summed E-state index contributed by atoms with van der Waals surface area (Å²) < 4.78 is 12.8. The topological polar surface area (TPSA) is 69.5 Å². The molecule has 0 aliphatic carbocycles. The number of aromatic nitrogens is 3. The third-order valence-electron chi connectivity index (χ3n) is 5.99. The Kier molecular flexibility index (Phi) is 6.30. The van der Waals surface area contributed by atoms with Crippen molar-refractivity contribution in [2.24, 2.45) is 0 Å². The van der Waals surface area contributed by atoms with Crippen LogP contribution in [-0.4, -0.2) is 46.8 Å². The van der Waals surface area contributed by atoms with Crippen LogP contribution in [0.5, 0.6) is 5.75 Å². The number of hydrogen-bond acceptors (Lipinski definition) is 6. The predicted octanol–water partition coefficient (Wildman–Crippen LogP) is 5.56. The second-order valence-corrected chi connectivity index (χ2v) is 8.83. The highest BCUT2D eigenvalue weighted by Crippen LogP contribution is 2.36. The van der Waals surface area contributed by atoms with Crippen LogP contribution in [-0.2, 0) is 4.74 Å². The fraction of sp³-hybridized carbons (Fsp3) is 0.240. The van der Waals surface area contributed by atoms with Gasteiger partial charge in [-0.3, -0.25) is 0 Å². The highest BCUT2D eigenvalue weighted by molar-refractivity contribution is 6.45. The number of benzene rings is 2. The van der Waals surface area contributed by atoms with Crippen molar-refractivity contribution in [2.45, 2.75) is 18.9 Å². The van der Waals surface area contributed by atoms with Gasteiger partial charge in [-0.05, 0) is 43.2 Å². The van der Waals surface area contributed by atoms with Gasteiger partial charge in [0.25, 0.3) is 0 Å². The fourth-order valence-electron chi connectivity index (χ4n) is 4.30. The third-order valence-corrected chi connectivity index (χ3v) is 6.78. The van der Waals surface area contributed by atoms with E-state index in [2.05, 4.69) is 9.88 Å². The second-order valence-electron chi connectivity index (χ2n) is 8.05. The van der Waals surface area contributed by atoms with Gasteiger partial charge in [0, 0.05) is 30.4 Å². The molecule has 0 bridgehead atoms. The molecule has 7 nitrogen and oxygen atoms in total. The number of carbonyl (C=O) groups is 1. The van der Waals surface area contributed by atoms with Crippen LogP contribution in [0.1, 0.15) is 23.2 Å². The minimum Gasteiger partial charge on any atom is -0.491 e. The van der Waals surface area contributed by atoms with Crippen LogP contribution in [0.25, 0.3) is 16.6 Å². The third kappa shape index (κ3) is 4.29. The van der Waals surface area contributed by atoms with Gasteiger partial charge >= 0.3 is 5.97 Å². The second kappa shape index (κ2) is 9.52. The van der Waals surface area contributed by atoms with Crippen LogP contribution in [0.3, 0.4) is 0 Å². The summed E-state index contributed by atoms with van der Waals surface area (Å²) in [6.07, 6.45) is 7.35. The molecular formula is C25H22Cl2N4O3. The van der Waals surface area contributed by atoms with Crippen molar-refractivity contribution in [2.75, 3.05) is 25.2 Å². The maximum absolute atomic E-state index is 11.8. The Morgan fingerprint density at radius 1 is 1.21 bits per heavy atom. The van der Waals surface area contributed by atoms with Gasteiger partial charge in [-0.2, -0.15) is 0 Å². The number of nitrogens with zero attached hydrogens (tertiary/aromatic N) is 4. The van der Waals surface area contributed by atoms with E-state index < -0.39 is 5.97 Å². The molecular weight excluding hydrogens is 475 g/mol. The Bertz CT molecular complexity index is 1340. The van der Waals surface area contributed by atoms with E-state index in [9.17, 15) is 4.79 Å². The fourth-order valence-corrected chi connectivity index (χ4v) is 4.66. The molecule has 1 aliphatic rings. The van der Waals surface area contributed by atoms with E-state index in [-0.39, 0.29) is 6.04 Å². The van der Waals surface area contributed by atoms with Gasteiger partial charge in [-0.25, -0.2) is 14.8 Å². The van der Waals surface area contributed by atoms with E-state index in [1.165, 1.54) is 7.11 Å². The molecule has 2 aromatic heterocycles. The number of rotatable bonds is 6. The number of carbonyl (C=O) groups excluding carboxylic acids is 1. The number of imidazole rings is 1. The molecule has 3 heterocycles.